The van der Waals surface area contributed by atoms with Gasteiger partial charge in [-0.15, -0.1) is 0 Å². The van der Waals surface area contributed by atoms with Crippen molar-refractivity contribution in [1.82, 2.24) is 9.47 Å². The Bertz CT molecular complexity index is 2080. The zero-order valence-electron chi connectivity index (χ0n) is 32.6. The van der Waals surface area contributed by atoms with Gasteiger partial charge in [-0.05, 0) is 189 Å². The second kappa shape index (κ2) is 16.0. The van der Waals surface area contributed by atoms with Crippen molar-refractivity contribution in [1.29, 1.82) is 0 Å². The maximum absolute atomic E-state index is 10.4. The minimum absolute atomic E-state index is 0.0883. The number of likely N-dealkylation sites (tertiary alicyclic amines) is 1. The van der Waals surface area contributed by atoms with E-state index in [2.05, 4.69) is 53.6 Å². The van der Waals surface area contributed by atoms with E-state index >= 15 is 0 Å². The van der Waals surface area contributed by atoms with Crippen LogP contribution < -0.4 is 4.74 Å². The lowest BCUT2D eigenvalue weighted by Gasteiger charge is -2.50. The van der Waals surface area contributed by atoms with Crippen LogP contribution in [0.15, 0.2) is 84.9 Å². The Kier molecular flexibility index (Phi) is 10.9. The van der Waals surface area contributed by atoms with Crippen LogP contribution >= 0.6 is 0 Å². The molecule has 2 heterocycles. The number of phenols is 3. The number of aliphatic hydroxyl groups is 1. The third kappa shape index (κ3) is 7.71. The number of nitrogens with zero attached hydrogens (tertiary/aromatic N) is 2. The molecule has 7 heteroatoms. The van der Waals surface area contributed by atoms with Crippen LogP contribution in [0.25, 0.3) is 22.2 Å². The van der Waals surface area contributed by atoms with E-state index in [1.54, 1.807) is 18.2 Å². The third-order valence-electron chi connectivity index (χ3n) is 13.7. The molecule has 0 bridgehead atoms. The van der Waals surface area contributed by atoms with Crippen LogP contribution in [0.4, 0.5) is 0 Å². The number of rotatable bonds is 7. The fourth-order valence-electron chi connectivity index (χ4n) is 10.7. The predicted octanol–water partition coefficient (Wildman–Crippen LogP) is 9.94. The van der Waals surface area contributed by atoms with E-state index in [9.17, 15) is 20.4 Å². The molecule has 2 saturated carbocycles. The molecular weight excluding hydrogens is 685 g/mol. The average Bonchev–Trinajstić information content (AvgIpc) is 3.47. The van der Waals surface area contributed by atoms with E-state index in [1.165, 1.54) is 74.7 Å². The van der Waals surface area contributed by atoms with Gasteiger partial charge in [0.2, 0.25) is 0 Å². The molecule has 1 aliphatic heterocycles. The normalized spacial score (nSPS) is 24.9. The zero-order chi connectivity index (χ0) is 38.1. The predicted molar refractivity (Wildman–Crippen MR) is 220 cm³/mol. The molecule has 7 nitrogen and oxygen atoms in total. The second-order valence-electron chi connectivity index (χ2n) is 17.0. The highest BCUT2D eigenvalue weighted by molar-refractivity contribution is 5.92. The molecule has 0 radical (unpaired) electrons. The summed E-state index contributed by atoms with van der Waals surface area (Å²) in [6.45, 7) is 9.18. The number of aliphatic hydroxyl groups excluding tert-OH is 1. The number of aromatic hydroxyl groups is 3. The summed E-state index contributed by atoms with van der Waals surface area (Å²) in [5, 5.41) is 40.9. The van der Waals surface area contributed by atoms with Crippen LogP contribution in [0.3, 0.4) is 0 Å². The van der Waals surface area contributed by atoms with Crippen molar-refractivity contribution < 1.29 is 25.2 Å². The lowest BCUT2D eigenvalue weighted by Crippen LogP contribution is -2.43. The number of aromatic nitrogens is 1. The molecular formula is C48H58N2O5. The maximum Gasteiger partial charge on any atom is 0.119 e. The molecule has 3 aliphatic carbocycles. The van der Waals surface area contributed by atoms with E-state index < -0.39 is 0 Å². The van der Waals surface area contributed by atoms with Crippen molar-refractivity contribution in [2.45, 2.75) is 96.6 Å². The summed E-state index contributed by atoms with van der Waals surface area (Å²) in [7, 11) is 0. The first-order chi connectivity index (χ1) is 26.7. The molecule has 1 saturated heterocycles. The van der Waals surface area contributed by atoms with E-state index in [0.29, 0.717) is 24.1 Å². The molecule has 55 heavy (non-hydrogen) atoms. The summed E-state index contributed by atoms with van der Waals surface area (Å²) in [5.74, 6) is 3.90. The molecule has 3 fully saturated rings. The van der Waals surface area contributed by atoms with Crippen LogP contribution in [-0.4, -0.2) is 62.2 Å². The van der Waals surface area contributed by atoms with Crippen LogP contribution in [-0.2, 0) is 13.0 Å². The van der Waals surface area contributed by atoms with Crippen molar-refractivity contribution >= 4 is 10.9 Å². The van der Waals surface area contributed by atoms with Crippen molar-refractivity contribution in [2.75, 3.05) is 26.2 Å². The topological polar surface area (TPSA) is 98.3 Å². The van der Waals surface area contributed by atoms with Gasteiger partial charge in [-0.3, -0.25) is 4.90 Å². The van der Waals surface area contributed by atoms with Gasteiger partial charge in [0.05, 0.1) is 11.8 Å². The molecule has 0 spiro atoms. The first kappa shape index (κ1) is 37.5. The highest BCUT2D eigenvalue weighted by Gasteiger charge is 2.54. The lowest BCUT2D eigenvalue weighted by atomic mass is 9.55. The smallest absolute Gasteiger partial charge is 0.119 e. The van der Waals surface area contributed by atoms with Gasteiger partial charge in [0, 0.05) is 24.0 Å². The summed E-state index contributed by atoms with van der Waals surface area (Å²) in [4.78, 5) is 2.52. The number of aryl methyl sites for hydroxylation is 2. The van der Waals surface area contributed by atoms with Crippen molar-refractivity contribution in [3.05, 3.63) is 107 Å². The molecule has 1 aromatic heterocycles. The first-order valence-electron chi connectivity index (χ1n) is 20.7. The summed E-state index contributed by atoms with van der Waals surface area (Å²) >= 11 is 0. The van der Waals surface area contributed by atoms with Gasteiger partial charge in [-0.1, -0.05) is 38.0 Å². The highest BCUT2D eigenvalue weighted by atomic mass is 16.5. The molecule has 0 amide bonds. The molecule has 5 atom stereocenters. The van der Waals surface area contributed by atoms with Crippen LogP contribution in [0.2, 0.25) is 0 Å². The van der Waals surface area contributed by atoms with E-state index in [0.717, 1.165) is 71.8 Å². The zero-order valence-corrected chi connectivity index (χ0v) is 32.6. The summed E-state index contributed by atoms with van der Waals surface area (Å²) in [5.41, 5.74) is 8.46. The SMILES string of the molecule is C[C@]12CC[C@@H]3c4ccc(O)cc4CC[C@H]3[C@@H]1CC[C@@H]2O.Cc1c(-c2ccc(O)cc2)n(Cc2ccc(OCCN3CCCCCC3)cc2)c2ccc(O)cc12. The van der Waals surface area contributed by atoms with Crippen LogP contribution in [0.1, 0.15) is 92.9 Å². The number of hydrogen-bond acceptors (Lipinski definition) is 6. The van der Waals surface area contributed by atoms with Crippen molar-refractivity contribution in [3.8, 4) is 34.3 Å². The number of ether oxygens (including phenoxy) is 1. The molecule has 9 rings (SSSR count). The number of benzene rings is 4. The molecule has 0 unspecified atom stereocenters. The van der Waals surface area contributed by atoms with E-state index in [1.807, 2.05) is 36.4 Å². The monoisotopic (exact) mass is 742 g/mol. The number of fused-ring (bicyclic) bond motifs is 6. The number of phenolic OH excluding ortho intramolecular Hbond substituents is 3. The largest absolute Gasteiger partial charge is 0.508 e. The van der Waals surface area contributed by atoms with Gasteiger partial charge in [0.25, 0.3) is 0 Å². The molecule has 4 aromatic carbocycles. The summed E-state index contributed by atoms with van der Waals surface area (Å²) in [6.07, 6.45) is 12.1. The van der Waals surface area contributed by atoms with E-state index in [4.69, 9.17) is 4.74 Å². The summed E-state index contributed by atoms with van der Waals surface area (Å²) in [6, 6.07) is 27.2. The highest BCUT2D eigenvalue weighted by Crippen LogP contribution is 2.61. The Morgan fingerprint density at radius 1 is 0.764 bits per heavy atom. The van der Waals surface area contributed by atoms with Gasteiger partial charge in [0.1, 0.15) is 29.6 Å². The van der Waals surface area contributed by atoms with Gasteiger partial charge < -0.3 is 29.7 Å². The van der Waals surface area contributed by atoms with Gasteiger partial charge in [0.15, 0.2) is 0 Å². The molecule has 290 valence electrons. The molecule has 4 N–H and O–H groups in total. The molecule has 4 aliphatic rings. The Morgan fingerprint density at radius 2 is 1.47 bits per heavy atom. The van der Waals surface area contributed by atoms with E-state index in [-0.39, 0.29) is 23.0 Å². The fourth-order valence-corrected chi connectivity index (χ4v) is 10.7. The van der Waals surface area contributed by atoms with Crippen LogP contribution in [0.5, 0.6) is 23.0 Å². The minimum atomic E-state index is -0.0883. The van der Waals surface area contributed by atoms with Gasteiger partial charge in [-0.25, -0.2) is 0 Å². The average molecular weight is 743 g/mol. The lowest BCUT2D eigenvalue weighted by molar-refractivity contribution is -0.0226. The fraction of sp³-hybridized carbons (Fsp3) is 0.458. The minimum Gasteiger partial charge on any atom is -0.508 e. The third-order valence-corrected chi connectivity index (χ3v) is 13.7. The number of hydrogen-bond donors (Lipinski definition) is 4. The molecule has 5 aromatic rings. The Hall–Kier alpha value is -4.46. The van der Waals surface area contributed by atoms with Crippen molar-refractivity contribution in [2.24, 2.45) is 17.3 Å². The standard InChI is InChI=1S/C30H34N2O3.C18H24O2/c1-22-28-20-26(34)12-15-29(28)32(30(22)24-8-10-25(33)11-9-24)21-23-6-13-27(14-7-23)35-19-18-31-16-4-2-3-5-17-31;1-18-9-8-14-13-5-3-12(19)10-11(13)2-4-15(14)16(18)6-7-17(18)20/h6-15,20,33-34H,2-5,16-19,21H2,1H3;3,5,10,14-17,19-20H,2,4,6-9H2,1H3/t;14-,15-,16+,17+,18+/m.1/s1. The first-order valence-corrected chi connectivity index (χ1v) is 20.7. The van der Waals surface area contributed by atoms with Crippen LogP contribution in [0, 0.1) is 24.2 Å². The maximum atomic E-state index is 10.4. The Morgan fingerprint density at radius 3 is 2.24 bits per heavy atom. The Balaban J connectivity index is 0.000000180. The van der Waals surface area contributed by atoms with Gasteiger partial charge in [-0.2, -0.15) is 0 Å². The van der Waals surface area contributed by atoms with Gasteiger partial charge >= 0.3 is 0 Å². The Labute approximate surface area is 326 Å². The second-order valence-corrected chi connectivity index (χ2v) is 17.0. The quantitative estimate of drug-likeness (QED) is 0.133. The summed E-state index contributed by atoms with van der Waals surface area (Å²) < 4.78 is 8.33. The van der Waals surface area contributed by atoms with Crippen molar-refractivity contribution in [3.63, 3.8) is 0 Å².